The van der Waals surface area contributed by atoms with Gasteiger partial charge in [0.2, 0.25) is 0 Å². The van der Waals surface area contributed by atoms with E-state index in [1.807, 2.05) is 13.8 Å². The minimum atomic E-state index is -0.337. The minimum absolute atomic E-state index is 0.0599. The smallest absolute Gasteiger partial charge is 0.257 e. The number of hydrogen-bond acceptors (Lipinski definition) is 5. The fraction of sp³-hybridized carbons (Fsp3) is 0.318. The summed E-state index contributed by atoms with van der Waals surface area (Å²) in [5.41, 5.74) is 1.55. The van der Waals surface area contributed by atoms with Crippen LogP contribution in [0.5, 0.6) is 5.75 Å². The van der Waals surface area contributed by atoms with E-state index in [0.717, 1.165) is 6.42 Å². The summed E-state index contributed by atoms with van der Waals surface area (Å²) in [5, 5.41) is 8.52. The monoisotopic (exact) mass is 429 g/mol. The first-order valence-electron chi connectivity index (χ1n) is 9.65. The Labute approximate surface area is 182 Å². The number of anilines is 1. The topological polar surface area (TPSA) is 88.7 Å². The second kappa shape index (κ2) is 11.9. The van der Waals surface area contributed by atoms with Gasteiger partial charge >= 0.3 is 0 Å². The van der Waals surface area contributed by atoms with Gasteiger partial charge in [0.1, 0.15) is 5.75 Å². The van der Waals surface area contributed by atoms with Crippen LogP contribution in [0.15, 0.2) is 48.5 Å². The molecule has 0 aliphatic carbocycles. The van der Waals surface area contributed by atoms with Gasteiger partial charge in [0.05, 0.1) is 6.10 Å². The third-order valence-electron chi connectivity index (χ3n) is 3.91. The third-order valence-corrected chi connectivity index (χ3v) is 4.11. The first-order valence-corrected chi connectivity index (χ1v) is 10.1. The number of carbonyl (C=O) groups excluding carboxylic acids is 2. The summed E-state index contributed by atoms with van der Waals surface area (Å²) < 4.78 is 10.5. The van der Waals surface area contributed by atoms with Crippen molar-refractivity contribution < 1.29 is 19.1 Å². The van der Waals surface area contributed by atoms with E-state index in [0.29, 0.717) is 35.7 Å². The predicted molar refractivity (Wildman–Crippen MR) is 121 cm³/mol. The zero-order valence-corrected chi connectivity index (χ0v) is 18.2. The highest BCUT2D eigenvalue weighted by Crippen LogP contribution is 2.14. The number of carbonyl (C=O) groups is 2. The fourth-order valence-corrected chi connectivity index (χ4v) is 2.76. The standard InChI is InChI=1S/C22H27N3O4S/c1-15(2)29-19-10-8-16(9-11-19)21(27)25-22(30)24-18-7-4-6-17(14-18)20(26)23-12-5-13-28-3/h4,6-11,14-15H,5,12-13H2,1-3H3,(H,23,26)(H2,24,25,27,30). The predicted octanol–water partition coefficient (Wildman–Crippen LogP) is 3.37. The zero-order valence-electron chi connectivity index (χ0n) is 17.4. The number of nitrogens with one attached hydrogen (secondary N) is 3. The molecular formula is C22H27N3O4S. The average molecular weight is 430 g/mol. The van der Waals surface area contributed by atoms with Crippen molar-refractivity contribution in [2.75, 3.05) is 25.6 Å². The average Bonchev–Trinajstić information content (AvgIpc) is 2.71. The van der Waals surface area contributed by atoms with Gasteiger partial charge in [-0.15, -0.1) is 0 Å². The van der Waals surface area contributed by atoms with Gasteiger partial charge in [-0.25, -0.2) is 0 Å². The second-order valence-electron chi connectivity index (χ2n) is 6.78. The van der Waals surface area contributed by atoms with Crippen LogP contribution in [0.25, 0.3) is 0 Å². The Bertz CT molecular complexity index is 869. The Hall–Kier alpha value is -2.97. The van der Waals surface area contributed by atoms with E-state index >= 15 is 0 Å². The Balaban J connectivity index is 1.89. The Kier molecular flexibility index (Phi) is 9.24. The van der Waals surface area contributed by atoms with Crippen molar-refractivity contribution in [3.8, 4) is 5.75 Å². The highest BCUT2D eigenvalue weighted by atomic mass is 32.1. The first-order chi connectivity index (χ1) is 14.4. The number of thiocarbonyl (C=S) groups is 1. The van der Waals surface area contributed by atoms with E-state index in [1.165, 1.54) is 0 Å². The molecule has 0 saturated heterocycles. The number of amides is 2. The molecule has 160 valence electrons. The Morgan fingerprint density at radius 2 is 1.77 bits per heavy atom. The van der Waals surface area contributed by atoms with Gasteiger partial charge in [-0.05, 0) is 75.0 Å². The molecule has 3 N–H and O–H groups in total. The molecule has 2 amide bonds. The summed E-state index contributed by atoms with van der Waals surface area (Å²) in [6.07, 6.45) is 0.797. The lowest BCUT2D eigenvalue weighted by molar-refractivity contribution is 0.0946. The van der Waals surface area contributed by atoms with Gasteiger partial charge in [-0.3, -0.25) is 14.9 Å². The summed E-state index contributed by atoms with van der Waals surface area (Å²) in [7, 11) is 1.62. The first kappa shape index (κ1) is 23.3. The summed E-state index contributed by atoms with van der Waals surface area (Å²) in [6, 6.07) is 13.7. The number of methoxy groups -OCH3 is 1. The van der Waals surface area contributed by atoms with Crippen LogP contribution in [0.3, 0.4) is 0 Å². The number of rotatable bonds is 9. The van der Waals surface area contributed by atoms with Crippen molar-refractivity contribution in [1.29, 1.82) is 0 Å². The highest BCUT2D eigenvalue weighted by Gasteiger charge is 2.10. The van der Waals surface area contributed by atoms with E-state index in [2.05, 4.69) is 16.0 Å². The maximum absolute atomic E-state index is 12.4. The van der Waals surface area contributed by atoms with Crippen LogP contribution in [0.2, 0.25) is 0 Å². The second-order valence-corrected chi connectivity index (χ2v) is 7.19. The number of benzene rings is 2. The van der Waals surface area contributed by atoms with Crippen LogP contribution < -0.4 is 20.7 Å². The molecule has 0 atom stereocenters. The van der Waals surface area contributed by atoms with Gasteiger partial charge in [0, 0.05) is 37.1 Å². The maximum Gasteiger partial charge on any atom is 0.257 e. The van der Waals surface area contributed by atoms with Crippen molar-refractivity contribution in [2.45, 2.75) is 26.4 Å². The molecule has 8 heteroatoms. The molecule has 0 saturated carbocycles. The van der Waals surface area contributed by atoms with Crippen molar-refractivity contribution >= 4 is 34.8 Å². The molecule has 0 aliphatic heterocycles. The normalized spacial score (nSPS) is 10.4. The SMILES string of the molecule is COCCCNC(=O)c1cccc(NC(=S)NC(=O)c2ccc(OC(C)C)cc2)c1. The molecule has 0 aliphatic rings. The van der Waals surface area contributed by atoms with Crippen molar-refractivity contribution in [3.05, 3.63) is 59.7 Å². The molecule has 0 heterocycles. The molecule has 0 radical (unpaired) electrons. The molecule has 0 spiro atoms. The van der Waals surface area contributed by atoms with Crippen LogP contribution in [-0.2, 0) is 4.74 Å². The van der Waals surface area contributed by atoms with Gasteiger partial charge in [-0.2, -0.15) is 0 Å². The molecule has 30 heavy (non-hydrogen) atoms. The van der Waals surface area contributed by atoms with E-state index < -0.39 is 0 Å². The fourth-order valence-electron chi connectivity index (χ4n) is 2.55. The molecule has 2 aromatic rings. The van der Waals surface area contributed by atoms with Gasteiger partial charge in [-0.1, -0.05) is 6.07 Å². The summed E-state index contributed by atoms with van der Waals surface area (Å²) in [4.78, 5) is 24.6. The van der Waals surface area contributed by atoms with Gasteiger partial charge < -0.3 is 20.1 Å². The van der Waals surface area contributed by atoms with Crippen molar-refractivity contribution in [3.63, 3.8) is 0 Å². The Morgan fingerprint density at radius 3 is 2.43 bits per heavy atom. The molecule has 2 rings (SSSR count). The van der Waals surface area contributed by atoms with Crippen LogP contribution in [0.4, 0.5) is 5.69 Å². The van der Waals surface area contributed by atoms with E-state index in [9.17, 15) is 9.59 Å². The van der Waals surface area contributed by atoms with Crippen molar-refractivity contribution in [1.82, 2.24) is 10.6 Å². The largest absolute Gasteiger partial charge is 0.491 e. The molecule has 0 fully saturated rings. The Morgan fingerprint density at radius 1 is 1.03 bits per heavy atom. The van der Waals surface area contributed by atoms with Crippen LogP contribution >= 0.6 is 12.2 Å². The van der Waals surface area contributed by atoms with Crippen LogP contribution in [-0.4, -0.2) is 43.3 Å². The van der Waals surface area contributed by atoms with Crippen LogP contribution in [0.1, 0.15) is 41.0 Å². The lowest BCUT2D eigenvalue weighted by Crippen LogP contribution is -2.34. The third kappa shape index (κ3) is 7.81. The van der Waals surface area contributed by atoms with E-state index in [-0.39, 0.29) is 23.0 Å². The molecule has 2 aromatic carbocycles. The minimum Gasteiger partial charge on any atom is -0.491 e. The summed E-state index contributed by atoms with van der Waals surface area (Å²) >= 11 is 5.22. The van der Waals surface area contributed by atoms with E-state index in [1.54, 1.807) is 55.6 Å². The van der Waals surface area contributed by atoms with Gasteiger partial charge in [0.25, 0.3) is 11.8 Å². The summed E-state index contributed by atoms with van der Waals surface area (Å²) in [5.74, 6) is 0.170. The molecular weight excluding hydrogens is 402 g/mol. The van der Waals surface area contributed by atoms with Crippen molar-refractivity contribution in [2.24, 2.45) is 0 Å². The molecule has 0 bridgehead atoms. The lowest BCUT2D eigenvalue weighted by atomic mass is 10.2. The molecule has 0 unspecified atom stereocenters. The number of hydrogen-bond donors (Lipinski definition) is 3. The maximum atomic E-state index is 12.4. The van der Waals surface area contributed by atoms with Gasteiger partial charge in [0.15, 0.2) is 5.11 Å². The number of ether oxygens (including phenoxy) is 2. The summed E-state index contributed by atoms with van der Waals surface area (Å²) in [6.45, 7) is 4.98. The molecule has 0 aromatic heterocycles. The zero-order chi connectivity index (χ0) is 21.9. The quantitative estimate of drug-likeness (QED) is 0.418. The van der Waals surface area contributed by atoms with E-state index in [4.69, 9.17) is 21.7 Å². The lowest BCUT2D eigenvalue weighted by Gasteiger charge is -2.12. The molecule has 7 nitrogen and oxygen atoms in total. The van der Waals surface area contributed by atoms with Crippen LogP contribution in [0, 0.1) is 0 Å². The highest BCUT2D eigenvalue weighted by molar-refractivity contribution is 7.80.